The van der Waals surface area contributed by atoms with Crippen LogP contribution in [0.25, 0.3) is 0 Å². The van der Waals surface area contributed by atoms with Crippen LogP contribution in [0, 0.1) is 5.92 Å². The number of Topliss-reactive ketones (excluding diaryl/α,β-unsaturated/α-hetero) is 1. The van der Waals surface area contributed by atoms with E-state index in [-0.39, 0.29) is 23.1 Å². The van der Waals surface area contributed by atoms with Crippen molar-refractivity contribution in [3.8, 4) is 11.5 Å². The second kappa shape index (κ2) is 8.14. The van der Waals surface area contributed by atoms with Crippen LogP contribution in [0.5, 0.6) is 11.5 Å². The Morgan fingerprint density at radius 1 is 1.32 bits per heavy atom. The third-order valence-corrected chi connectivity index (χ3v) is 4.67. The Balaban J connectivity index is 2.33. The number of unbranched alkanes of at least 4 members (excludes halogenated alkanes) is 2. The van der Waals surface area contributed by atoms with Crippen LogP contribution in [0.2, 0.25) is 0 Å². The number of carbonyl (C=O) groups excluding carboxylic acids is 3. The van der Waals surface area contributed by atoms with E-state index in [1.807, 2.05) is 6.92 Å². The lowest BCUT2D eigenvalue weighted by Crippen LogP contribution is -2.46. The average Bonchev–Trinajstić information content (AvgIpc) is 2.55. The highest BCUT2D eigenvalue weighted by Gasteiger charge is 2.40. The highest BCUT2D eigenvalue weighted by atomic mass is 16.5. The molecule has 0 fully saturated rings. The van der Waals surface area contributed by atoms with Gasteiger partial charge < -0.3 is 19.5 Å². The monoisotopic (exact) mass is 347 g/mol. The molecular formula is C19H25NO5. The van der Waals surface area contributed by atoms with Crippen molar-refractivity contribution in [2.75, 3.05) is 4.90 Å². The van der Waals surface area contributed by atoms with Gasteiger partial charge in [0.15, 0.2) is 5.78 Å². The third kappa shape index (κ3) is 3.83. The number of aromatic hydroxyl groups is 1. The molecular weight excluding hydrogens is 322 g/mol. The second-order valence-electron chi connectivity index (χ2n) is 6.54. The molecule has 0 saturated heterocycles. The maximum Gasteiger partial charge on any atom is 0.214 e. The van der Waals surface area contributed by atoms with Gasteiger partial charge in [-0.1, -0.05) is 19.8 Å². The smallest absolute Gasteiger partial charge is 0.214 e. The first-order valence-electron chi connectivity index (χ1n) is 8.71. The van der Waals surface area contributed by atoms with Gasteiger partial charge in [-0.15, -0.1) is 0 Å². The minimum absolute atomic E-state index is 0.00622. The number of ketones is 1. The Morgan fingerprint density at radius 2 is 2.04 bits per heavy atom. The lowest BCUT2D eigenvalue weighted by molar-refractivity contribution is -0.111. The first kappa shape index (κ1) is 19.0. The van der Waals surface area contributed by atoms with Gasteiger partial charge in [0.05, 0.1) is 29.3 Å². The molecule has 1 N–H and O–H groups in total. The van der Waals surface area contributed by atoms with Gasteiger partial charge in [-0.2, -0.15) is 0 Å². The Hall–Kier alpha value is -2.37. The predicted molar refractivity (Wildman–Crippen MR) is 94.2 cm³/mol. The topological polar surface area (TPSA) is 83.9 Å². The number of phenols is 1. The van der Waals surface area contributed by atoms with Crippen LogP contribution < -0.4 is 9.64 Å². The van der Waals surface area contributed by atoms with E-state index in [0.717, 1.165) is 25.7 Å². The number of phenolic OH excluding ortho intramolecular Hbond substituents is 1. The molecule has 1 aromatic carbocycles. The lowest BCUT2D eigenvalue weighted by Gasteiger charge is -2.35. The van der Waals surface area contributed by atoms with E-state index in [1.54, 1.807) is 13.0 Å². The largest absolute Gasteiger partial charge is 0.507 e. The standard InChI is InChI=1S/C19H25NO5/c1-4-5-6-7-12(2)25-14-8-16-18(17(23)9-14)19(24)15(10-21)13(3)20(16)11-22/h8-13,15,23H,4-7H2,1-3H3. The summed E-state index contributed by atoms with van der Waals surface area (Å²) in [6.45, 7) is 5.71. The van der Waals surface area contributed by atoms with Crippen LogP contribution in [0.1, 0.15) is 56.8 Å². The maximum absolute atomic E-state index is 12.5. The fourth-order valence-electron chi connectivity index (χ4n) is 3.19. The van der Waals surface area contributed by atoms with Crippen molar-refractivity contribution in [1.82, 2.24) is 0 Å². The molecule has 1 aromatic rings. The zero-order valence-electron chi connectivity index (χ0n) is 14.9. The van der Waals surface area contributed by atoms with Gasteiger partial charge in [0, 0.05) is 12.1 Å². The van der Waals surface area contributed by atoms with Crippen molar-refractivity contribution in [3.05, 3.63) is 17.7 Å². The second-order valence-corrected chi connectivity index (χ2v) is 6.54. The van der Waals surface area contributed by atoms with Gasteiger partial charge in [0.2, 0.25) is 6.41 Å². The average molecular weight is 347 g/mol. The minimum Gasteiger partial charge on any atom is -0.507 e. The van der Waals surface area contributed by atoms with E-state index in [0.29, 0.717) is 18.4 Å². The summed E-state index contributed by atoms with van der Waals surface area (Å²) < 4.78 is 5.84. The number of fused-ring (bicyclic) bond motifs is 1. The van der Waals surface area contributed by atoms with Crippen LogP contribution in [0.3, 0.4) is 0 Å². The van der Waals surface area contributed by atoms with E-state index in [2.05, 4.69) is 6.92 Å². The first-order valence-corrected chi connectivity index (χ1v) is 8.71. The number of aldehydes is 1. The Bertz CT molecular complexity index is 657. The minimum atomic E-state index is -0.983. The lowest BCUT2D eigenvalue weighted by atomic mass is 9.86. The zero-order valence-corrected chi connectivity index (χ0v) is 14.9. The highest BCUT2D eigenvalue weighted by Crippen LogP contribution is 2.40. The van der Waals surface area contributed by atoms with E-state index in [4.69, 9.17) is 4.74 Å². The van der Waals surface area contributed by atoms with Crippen molar-refractivity contribution < 1.29 is 24.2 Å². The van der Waals surface area contributed by atoms with Crippen molar-refractivity contribution in [2.45, 2.75) is 58.6 Å². The fraction of sp³-hybridized carbons (Fsp3) is 0.526. The molecule has 3 atom stereocenters. The molecule has 1 aliphatic rings. The zero-order chi connectivity index (χ0) is 18.6. The Kier molecular flexibility index (Phi) is 6.17. The van der Waals surface area contributed by atoms with Crippen molar-refractivity contribution in [1.29, 1.82) is 0 Å². The summed E-state index contributed by atoms with van der Waals surface area (Å²) >= 11 is 0. The summed E-state index contributed by atoms with van der Waals surface area (Å²) in [5, 5.41) is 10.3. The molecule has 0 radical (unpaired) electrons. The molecule has 0 saturated carbocycles. The third-order valence-electron chi connectivity index (χ3n) is 4.67. The molecule has 2 rings (SSSR count). The van der Waals surface area contributed by atoms with Gasteiger partial charge >= 0.3 is 0 Å². The van der Waals surface area contributed by atoms with Gasteiger partial charge in [-0.25, -0.2) is 0 Å². The van der Waals surface area contributed by atoms with Crippen LogP contribution in [-0.2, 0) is 9.59 Å². The van der Waals surface area contributed by atoms with E-state index >= 15 is 0 Å². The predicted octanol–water partition coefficient (Wildman–Crippen LogP) is 3.10. The molecule has 1 aliphatic heterocycles. The molecule has 6 nitrogen and oxygen atoms in total. The van der Waals surface area contributed by atoms with Crippen LogP contribution in [0.15, 0.2) is 12.1 Å². The molecule has 0 bridgehead atoms. The molecule has 1 heterocycles. The summed E-state index contributed by atoms with van der Waals surface area (Å²) in [7, 11) is 0. The number of amides is 1. The summed E-state index contributed by atoms with van der Waals surface area (Å²) in [5.74, 6) is -1.33. The molecule has 1 amide bonds. The van der Waals surface area contributed by atoms with Crippen molar-refractivity contribution in [3.63, 3.8) is 0 Å². The van der Waals surface area contributed by atoms with Gasteiger partial charge in [-0.05, 0) is 26.7 Å². The normalized spacial score (nSPS) is 20.8. The number of nitrogens with zero attached hydrogens (tertiary/aromatic N) is 1. The highest BCUT2D eigenvalue weighted by molar-refractivity contribution is 6.15. The molecule has 0 aromatic heterocycles. The molecule has 6 heteroatoms. The number of ether oxygens (including phenoxy) is 1. The van der Waals surface area contributed by atoms with Crippen LogP contribution >= 0.6 is 0 Å². The molecule has 25 heavy (non-hydrogen) atoms. The van der Waals surface area contributed by atoms with Gasteiger partial charge in [0.1, 0.15) is 17.8 Å². The van der Waals surface area contributed by atoms with Gasteiger partial charge in [-0.3, -0.25) is 9.59 Å². The van der Waals surface area contributed by atoms with E-state index < -0.39 is 17.7 Å². The number of rotatable bonds is 8. The molecule has 0 spiro atoms. The summed E-state index contributed by atoms with van der Waals surface area (Å²) in [6, 6.07) is 2.34. The Morgan fingerprint density at radius 3 is 2.64 bits per heavy atom. The maximum atomic E-state index is 12.5. The number of anilines is 1. The fourth-order valence-corrected chi connectivity index (χ4v) is 3.19. The SMILES string of the molecule is CCCCCC(C)Oc1cc(O)c2c(c1)N(C=O)C(C)C(C=O)C2=O. The molecule has 0 aliphatic carbocycles. The summed E-state index contributed by atoms with van der Waals surface area (Å²) in [4.78, 5) is 36.5. The number of hydrogen-bond donors (Lipinski definition) is 1. The number of benzene rings is 1. The molecule has 136 valence electrons. The van der Waals surface area contributed by atoms with Crippen LogP contribution in [0.4, 0.5) is 5.69 Å². The van der Waals surface area contributed by atoms with E-state index in [1.165, 1.54) is 11.0 Å². The summed E-state index contributed by atoms with van der Waals surface area (Å²) in [6.07, 6.45) is 5.22. The first-order chi connectivity index (χ1) is 11.9. The quantitative estimate of drug-likeness (QED) is 0.444. The van der Waals surface area contributed by atoms with Crippen molar-refractivity contribution >= 4 is 24.2 Å². The number of carbonyl (C=O) groups is 3. The van der Waals surface area contributed by atoms with Crippen LogP contribution in [-0.4, -0.2) is 35.7 Å². The summed E-state index contributed by atoms with van der Waals surface area (Å²) in [5.41, 5.74) is 0.273. The van der Waals surface area contributed by atoms with E-state index in [9.17, 15) is 19.5 Å². The van der Waals surface area contributed by atoms with Gasteiger partial charge in [0.25, 0.3) is 0 Å². The molecule has 3 unspecified atom stereocenters. The van der Waals surface area contributed by atoms with Crippen molar-refractivity contribution in [2.24, 2.45) is 5.92 Å². The number of hydrogen-bond acceptors (Lipinski definition) is 5. The Labute approximate surface area is 147 Å².